The fourth-order valence-corrected chi connectivity index (χ4v) is 4.63. The Morgan fingerprint density at radius 3 is 2.27 bits per heavy atom. The minimum Gasteiger partial charge on any atom is -0.480 e. The lowest BCUT2D eigenvalue weighted by Gasteiger charge is -2.21. The van der Waals surface area contributed by atoms with Crippen molar-refractivity contribution >= 4 is 34.9 Å². The molecule has 0 aliphatic rings. The Morgan fingerprint density at radius 2 is 1.66 bits per heavy atom. The van der Waals surface area contributed by atoms with Crippen molar-refractivity contribution in [3.8, 4) is 17.0 Å². The van der Waals surface area contributed by atoms with E-state index in [0.717, 1.165) is 10.2 Å². The number of ether oxygens (including phenoxy) is 2. The van der Waals surface area contributed by atoms with Crippen LogP contribution in [-0.4, -0.2) is 46.8 Å². The van der Waals surface area contributed by atoms with Crippen LogP contribution in [0.4, 0.5) is 10.1 Å². The van der Waals surface area contributed by atoms with Gasteiger partial charge in [-0.25, -0.2) is 13.9 Å². The first-order chi connectivity index (χ1) is 20.9. The quantitative estimate of drug-likeness (QED) is 0.168. The van der Waals surface area contributed by atoms with E-state index in [9.17, 15) is 23.6 Å². The Balaban J connectivity index is 1.73. The van der Waals surface area contributed by atoms with E-state index in [1.165, 1.54) is 43.5 Å². The van der Waals surface area contributed by atoms with Crippen LogP contribution < -0.4 is 15.6 Å². The summed E-state index contributed by atoms with van der Waals surface area (Å²) in [5.74, 6) is -1.94. The normalized spacial score (nSPS) is 11.9. The Labute approximate surface area is 258 Å². The van der Waals surface area contributed by atoms with E-state index >= 15 is 0 Å². The first-order valence-corrected chi connectivity index (χ1v) is 14.0. The zero-order chi connectivity index (χ0) is 32.0. The fourth-order valence-electron chi connectivity index (χ4n) is 4.45. The average Bonchev–Trinajstić information content (AvgIpc) is 2.99. The summed E-state index contributed by atoms with van der Waals surface area (Å²) >= 11 is 6.17. The number of halogens is 2. The van der Waals surface area contributed by atoms with Crippen LogP contribution in [0.15, 0.2) is 83.7 Å². The number of anilines is 1. The summed E-state index contributed by atoms with van der Waals surface area (Å²) < 4.78 is 25.2. The Morgan fingerprint density at radius 1 is 0.977 bits per heavy atom. The van der Waals surface area contributed by atoms with Crippen molar-refractivity contribution in [1.29, 1.82) is 0 Å². The third-order valence-corrected chi connectivity index (χ3v) is 6.70. The summed E-state index contributed by atoms with van der Waals surface area (Å²) in [6, 6.07) is 19.5. The van der Waals surface area contributed by atoms with E-state index in [1.54, 1.807) is 32.9 Å². The van der Waals surface area contributed by atoms with Gasteiger partial charge in [0.2, 0.25) is 11.8 Å². The van der Waals surface area contributed by atoms with Gasteiger partial charge in [0.25, 0.3) is 5.56 Å². The van der Waals surface area contributed by atoms with Crippen molar-refractivity contribution in [3.05, 3.63) is 111 Å². The molecular formula is C33H31ClFN3O6. The van der Waals surface area contributed by atoms with Crippen LogP contribution in [0.25, 0.3) is 11.1 Å². The molecule has 9 nitrogen and oxygen atoms in total. The number of nitrogens with one attached hydrogen (secondary N) is 1. The number of ketones is 1. The molecule has 0 aliphatic carbocycles. The van der Waals surface area contributed by atoms with E-state index in [2.05, 4.69) is 10.4 Å². The lowest BCUT2D eigenvalue weighted by Crippen LogP contribution is -2.36. The molecule has 1 amide bonds. The number of Topliss-reactive ketones (excluding diaryl/α,β-unsaturated/α-hetero) is 1. The first kappa shape index (κ1) is 32.1. The lowest BCUT2D eigenvalue weighted by atomic mass is 9.98. The summed E-state index contributed by atoms with van der Waals surface area (Å²) in [4.78, 5) is 52.0. The average molecular weight is 620 g/mol. The van der Waals surface area contributed by atoms with Crippen molar-refractivity contribution < 1.29 is 28.2 Å². The number of alkyl halides is 1. The minimum atomic E-state index is -1.25. The second kappa shape index (κ2) is 13.6. The van der Waals surface area contributed by atoms with Crippen molar-refractivity contribution in [2.45, 2.75) is 38.8 Å². The molecule has 3 aromatic carbocycles. The summed E-state index contributed by atoms with van der Waals surface area (Å²) in [6.07, 6.45) is 0.0980. The van der Waals surface area contributed by atoms with Crippen LogP contribution in [0.2, 0.25) is 5.02 Å². The molecule has 1 heterocycles. The van der Waals surface area contributed by atoms with Crippen molar-refractivity contribution in [2.24, 2.45) is 0 Å². The number of amides is 1. The number of esters is 1. The number of rotatable bonds is 10. The van der Waals surface area contributed by atoms with Gasteiger partial charge in [-0.3, -0.25) is 14.4 Å². The summed E-state index contributed by atoms with van der Waals surface area (Å²) in [7, 11) is 1.32. The third kappa shape index (κ3) is 7.76. The summed E-state index contributed by atoms with van der Waals surface area (Å²) in [5.41, 5.74) is 0.401. The molecule has 0 radical (unpaired) electrons. The standard InChI is InChI=1S/C33H31ClFN3O6/c1-33(2,3)44-32(42)21-10-13-23(14-11-21)36-30(41)27(16-20-8-6-5-7-9-20)38-29(40)18-26(31(37-38)43-4)25-17-22(34)12-15-24(25)28(39)19-35/h5-15,17-18,27H,16,19H2,1-4H3,(H,36,41)/t27-/m0/s1. The maximum atomic E-state index is 13.7. The highest BCUT2D eigenvalue weighted by molar-refractivity contribution is 6.31. The van der Waals surface area contributed by atoms with Crippen LogP contribution in [0.1, 0.15) is 53.1 Å². The van der Waals surface area contributed by atoms with Gasteiger partial charge in [-0.05, 0) is 74.4 Å². The molecule has 0 bridgehead atoms. The largest absolute Gasteiger partial charge is 0.480 e. The van der Waals surface area contributed by atoms with Gasteiger partial charge >= 0.3 is 5.97 Å². The molecule has 0 spiro atoms. The Hall–Kier alpha value is -4.83. The van der Waals surface area contributed by atoms with Gasteiger partial charge in [0, 0.05) is 28.8 Å². The minimum absolute atomic E-state index is 0.00237. The maximum Gasteiger partial charge on any atom is 0.338 e. The van der Waals surface area contributed by atoms with Gasteiger partial charge < -0.3 is 14.8 Å². The molecule has 0 fully saturated rings. The highest BCUT2D eigenvalue weighted by atomic mass is 35.5. The van der Waals surface area contributed by atoms with E-state index in [1.807, 2.05) is 30.3 Å². The van der Waals surface area contributed by atoms with Gasteiger partial charge in [-0.2, -0.15) is 0 Å². The second-order valence-corrected chi connectivity index (χ2v) is 11.3. The molecule has 44 heavy (non-hydrogen) atoms. The van der Waals surface area contributed by atoms with Gasteiger partial charge in [-0.15, -0.1) is 5.10 Å². The van der Waals surface area contributed by atoms with Crippen LogP contribution in [0, 0.1) is 0 Å². The number of hydrogen-bond donors (Lipinski definition) is 1. The van der Waals surface area contributed by atoms with E-state index in [0.29, 0.717) is 11.3 Å². The predicted molar refractivity (Wildman–Crippen MR) is 165 cm³/mol. The number of aromatic nitrogens is 2. The highest BCUT2D eigenvalue weighted by Gasteiger charge is 2.27. The molecule has 0 saturated heterocycles. The number of carbonyl (C=O) groups excluding carboxylic acids is 3. The lowest BCUT2D eigenvalue weighted by molar-refractivity contribution is -0.119. The van der Waals surface area contributed by atoms with E-state index < -0.39 is 41.5 Å². The van der Waals surface area contributed by atoms with Crippen LogP contribution in [0.5, 0.6) is 5.88 Å². The number of benzene rings is 3. The van der Waals surface area contributed by atoms with Gasteiger partial charge in [-0.1, -0.05) is 41.9 Å². The zero-order valence-corrected chi connectivity index (χ0v) is 25.4. The predicted octanol–water partition coefficient (Wildman–Crippen LogP) is 6.10. The molecule has 11 heteroatoms. The van der Waals surface area contributed by atoms with E-state index in [4.69, 9.17) is 21.1 Å². The van der Waals surface area contributed by atoms with E-state index in [-0.39, 0.29) is 34.0 Å². The van der Waals surface area contributed by atoms with Crippen molar-refractivity contribution in [3.63, 3.8) is 0 Å². The number of carbonyl (C=O) groups is 3. The number of nitrogens with zero attached hydrogens (tertiary/aromatic N) is 2. The molecule has 4 aromatic rings. The third-order valence-electron chi connectivity index (χ3n) is 6.47. The number of hydrogen-bond acceptors (Lipinski definition) is 7. The van der Waals surface area contributed by atoms with Gasteiger partial charge in [0.15, 0.2) is 12.5 Å². The van der Waals surface area contributed by atoms with Crippen molar-refractivity contribution in [1.82, 2.24) is 9.78 Å². The van der Waals surface area contributed by atoms with Crippen LogP contribution >= 0.6 is 11.6 Å². The molecule has 1 N–H and O–H groups in total. The Bertz CT molecular complexity index is 1730. The van der Waals surface area contributed by atoms with Gasteiger partial charge in [0.1, 0.15) is 11.6 Å². The van der Waals surface area contributed by atoms with Crippen molar-refractivity contribution in [2.75, 3.05) is 19.1 Å². The molecule has 0 aliphatic heterocycles. The maximum absolute atomic E-state index is 13.7. The molecule has 1 aromatic heterocycles. The summed E-state index contributed by atoms with van der Waals surface area (Å²) in [5, 5.41) is 7.41. The monoisotopic (exact) mass is 619 g/mol. The first-order valence-electron chi connectivity index (χ1n) is 13.7. The molecule has 0 saturated carbocycles. The fraction of sp³-hybridized carbons (Fsp3) is 0.242. The van der Waals surface area contributed by atoms with Crippen LogP contribution in [0.3, 0.4) is 0 Å². The highest BCUT2D eigenvalue weighted by Crippen LogP contribution is 2.33. The Kier molecular flexibility index (Phi) is 9.95. The molecule has 0 unspecified atom stereocenters. The molecule has 4 rings (SSSR count). The smallest absolute Gasteiger partial charge is 0.338 e. The molecular weight excluding hydrogens is 589 g/mol. The SMILES string of the molecule is COc1nn([C@@H](Cc2ccccc2)C(=O)Nc2ccc(C(=O)OC(C)(C)C)cc2)c(=O)cc1-c1cc(Cl)ccc1C(=O)CF. The van der Waals surface area contributed by atoms with Crippen LogP contribution in [-0.2, 0) is 16.0 Å². The molecule has 1 atom stereocenters. The second-order valence-electron chi connectivity index (χ2n) is 10.9. The molecule has 228 valence electrons. The number of methoxy groups -OCH3 is 1. The van der Waals surface area contributed by atoms with Gasteiger partial charge in [0.05, 0.1) is 18.2 Å². The zero-order valence-electron chi connectivity index (χ0n) is 24.6. The topological polar surface area (TPSA) is 117 Å². The summed E-state index contributed by atoms with van der Waals surface area (Å²) in [6.45, 7) is 4.05.